The number of Topliss-reactive ketones (excluding diaryl/α,β-unsaturated/α-hetero) is 1. The Morgan fingerprint density at radius 1 is 0.979 bits per heavy atom. The zero-order valence-corrected chi connectivity index (χ0v) is 29.7. The average molecular weight is 669 g/mol. The van der Waals surface area contributed by atoms with Gasteiger partial charge in [-0.1, -0.05) is 49.4 Å². The van der Waals surface area contributed by atoms with E-state index in [-0.39, 0.29) is 26.2 Å². The third-order valence-corrected chi connectivity index (χ3v) is 8.18. The molecule has 1 aliphatic rings. The van der Waals surface area contributed by atoms with Crippen molar-refractivity contribution in [3.8, 4) is 5.75 Å². The number of alkyl carbamates (subject to hydrolysis) is 1. The van der Waals surface area contributed by atoms with Gasteiger partial charge in [-0.3, -0.25) is 14.5 Å². The topological polar surface area (TPSA) is 139 Å². The fourth-order valence-corrected chi connectivity index (χ4v) is 4.90. The van der Waals surface area contributed by atoms with Gasteiger partial charge in [0, 0.05) is 18.9 Å². The largest absolute Gasteiger partial charge is 0.498 e. The SMILES string of the molecule is COC(=O)[C@H](C)CC(=O)[C@H](c1ccc(OCCNC(=O)OC(C)(C)C)c(B2OC(C)(C)C(C)(C)O2)c1)N(C)C(=O)OCc1ccccc1. The van der Waals surface area contributed by atoms with Crippen LogP contribution in [0.4, 0.5) is 9.59 Å². The van der Waals surface area contributed by atoms with Crippen molar-refractivity contribution in [2.24, 2.45) is 5.92 Å². The van der Waals surface area contributed by atoms with Crippen molar-refractivity contribution in [3.05, 3.63) is 59.7 Å². The van der Waals surface area contributed by atoms with Gasteiger partial charge in [0.25, 0.3) is 0 Å². The van der Waals surface area contributed by atoms with Gasteiger partial charge < -0.3 is 33.6 Å². The van der Waals surface area contributed by atoms with E-state index in [0.29, 0.717) is 16.8 Å². The van der Waals surface area contributed by atoms with Crippen molar-refractivity contribution in [1.82, 2.24) is 10.2 Å². The minimum atomic E-state index is -1.13. The van der Waals surface area contributed by atoms with Gasteiger partial charge in [0.05, 0.1) is 30.8 Å². The molecule has 0 radical (unpaired) electrons. The average Bonchev–Trinajstić information content (AvgIpc) is 3.23. The normalized spacial score (nSPS) is 16.3. The maximum absolute atomic E-state index is 13.9. The zero-order chi connectivity index (χ0) is 35.9. The Labute approximate surface area is 283 Å². The highest BCUT2D eigenvalue weighted by Crippen LogP contribution is 2.38. The molecule has 0 aliphatic carbocycles. The third kappa shape index (κ3) is 10.2. The number of hydrogen-bond donors (Lipinski definition) is 1. The second-order valence-corrected chi connectivity index (χ2v) is 13.8. The number of carbonyl (C=O) groups excluding carboxylic acids is 4. The van der Waals surface area contributed by atoms with Crippen LogP contribution in [0, 0.1) is 5.92 Å². The van der Waals surface area contributed by atoms with Crippen molar-refractivity contribution >= 4 is 36.5 Å². The van der Waals surface area contributed by atoms with Gasteiger partial charge in [0.2, 0.25) is 0 Å². The number of rotatable bonds is 13. The third-order valence-electron chi connectivity index (χ3n) is 8.18. The van der Waals surface area contributed by atoms with E-state index in [1.807, 2.05) is 58.0 Å². The first-order valence-electron chi connectivity index (χ1n) is 16.0. The number of methoxy groups -OCH3 is 1. The Balaban J connectivity index is 1.96. The van der Waals surface area contributed by atoms with Crippen LogP contribution in [0.15, 0.2) is 48.5 Å². The number of ketones is 1. The van der Waals surface area contributed by atoms with Crippen LogP contribution in [-0.4, -0.2) is 80.1 Å². The van der Waals surface area contributed by atoms with Crippen LogP contribution < -0.4 is 15.5 Å². The minimum Gasteiger partial charge on any atom is -0.492 e. The van der Waals surface area contributed by atoms with Gasteiger partial charge in [0.15, 0.2) is 5.78 Å². The molecule has 13 heteroatoms. The summed E-state index contributed by atoms with van der Waals surface area (Å²) in [5, 5.41) is 2.66. The van der Waals surface area contributed by atoms with Crippen molar-refractivity contribution in [1.29, 1.82) is 0 Å². The smallest absolute Gasteiger partial charge is 0.492 e. The number of esters is 1. The van der Waals surface area contributed by atoms with Crippen LogP contribution in [0.3, 0.4) is 0 Å². The molecule has 12 nitrogen and oxygen atoms in total. The van der Waals surface area contributed by atoms with E-state index < -0.39 is 59.8 Å². The first-order chi connectivity index (χ1) is 22.3. The summed E-state index contributed by atoms with van der Waals surface area (Å²) in [6, 6.07) is 13.1. The van der Waals surface area contributed by atoms with Gasteiger partial charge in [0.1, 0.15) is 30.6 Å². The number of nitrogens with zero attached hydrogens (tertiary/aromatic N) is 1. The molecule has 3 rings (SSSR count). The Kier molecular flexibility index (Phi) is 12.7. The summed E-state index contributed by atoms with van der Waals surface area (Å²) in [6.45, 7) is 14.8. The van der Waals surface area contributed by atoms with E-state index in [2.05, 4.69) is 5.32 Å². The molecule has 2 aromatic carbocycles. The molecule has 1 aliphatic heterocycles. The van der Waals surface area contributed by atoms with Crippen molar-refractivity contribution in [2.45, 2.75) is 91.3 Å². The highest BCUT2D eigenvalue weighted by atomic mass is 16.7. The Bertz CT molecular complexity index is 1420. The molecule has 1 fully saturated rings. The summed E-state index contributed by atoms with van der Waals surface area (Å²) in [7, 11) is 1.84. The van der Waals surface area contributed by atoms with Crippen LogP contribution in [0.1, 0.15) is 79.0 Å². The van der Waals surface area contributed by atoms with Crippen molar-refractivity contribution in [3.63, 3.8) is 0 Å². The van der Waals surface area contributed by atoms with Gasteiger partial charge in [-0.15, -0.1) is 0 Å². The Hall–Kier alpha value is -4.10. The molecule has 1 saturated heterocycles. The van der Waals surface area contributed by atoms with Crippen LogP contribution in [0.2, 0.25) is 0 Å². The molecule has 2 atom stereocenters. The van der Waals surface area contributed by atoms with E-state index >= 15 is 0 Å². The lowest BCUT2D eigenvalue weighted by molar-refractivity contribution is -0.146. The summed E-state index contributed by atoms with van der Waals surface area (Å²) in [4.78, 5) is 52.8. The first-order valence-corrected chi connectivity index (χ1v) is 16.0. The van der Waals surface area contributed by atoms with Crippen LogP contribution in [-0.2, 0) is 39.7 Å². The molecule has 2 aromatic rings. The number of ether oxygens (including phenoxy) is 4. The van der Waals surface area contributed by atoms with E-state index in [0.717, 1.165) is 5.56 Å². The van der Waals surface area contributed by atoms with E-state index in [1.165, 1.54) is 19.1 Å². The predicted molar refractivity (Wildman–Crippen MR) is 180 cm³/mol. The lowest BCUT2D eigenvalue weighted by Gasteiger charge is -2.32. The van der Waals surface area contributed by atoms with Gasteiger partial charge >= 0.3 is 25.3 Å². The van der Waals surface area contributed by atoms with E-state index in [4.69, 9.17) is 28.3 Å². The highest BCUT2D eigenvalue weighted by Gasteiger charge is 2.52. The van der Waals surface area contributed by atoms with Crippen molar-refractivity contribution in [2.75, 3.05) is 27.3 Å². The summed E-state index contributed by atoms with van der Waals surface area (Å²) < 4.78 is 34.5. The summed E-state index contributed by atoms with van der Waals surface area (Å²) in [5.41, 5.74) is -0.326. The maximum atomic E-state index is 13.9. The fourth-order valence-electron chi connectivity index (χ4n) is 4.90. The zero-order valence-electron chi connectivity index (χ0n) is 29.7. The second-order valence-electron chi connectivity index (χ2n) is 13.8. The molecule has 0 saturated carbocycles. The van der Waals surface area contributed by atoms with Gasteiger partial charge in [-0.25, -0.2) is 9.59 Å². The molecular formula is C35H49BN2O10. The molecule has 1 N–H and O–H groups in total. The lowest BCUT2D eigenvalue weighted by Crippen LogP contribution is -2.41. The molecule has 0 unspecified atom stereocenters. The second kappa shape index (κ2) is 15.9. The van der Waals surface area contributed by atoms with Crippen LogP contribution >= 0.6 is 0 Å². The first kappa shape index (κ1) is 38.4. The number of likely N-dealkylation sites (N-methyl/N-ethyl adjacent to an activating group) is 1. The summed E-state index contributed by atoms with van der Waals surface area (Å²) in [6.07, 6.45) is -1.49. The number of amides is 2. The predicted octanol–water partition coefficient (Wildman–Crippen LogP) is 4.97. The molecule has 0 bridgehead atoms. The Morgan fingerprint density at radius 2 is 1.60 bits per heavy atom. The van der Waals surface area contributed by atoms with Gasteiger partial charge in [-0.2, -0.15) is 0 Å². The molecule has 1 heterocycles. The standard InChI is InChI=1S/C35H49BN2O10/c1-23(30(40)43-10)20-27(39)29(38(9)32(42)45-22-24-14-12-11-13-15-24)25-16-17-28(44-19-18-37-31(41)46-33(2,3)4)26(21-25)36-47-34(5,6)35(7,8)48-36/h11-17,21,23,29H,18-20,22H2,1-10H3,(H,37,41)/t23-,29+/m1/s1. The molecule has 0 spiro atoms. The molecule has 48 heavy (non-hydrogen) atoms. The van der Waals surface area contributed by atoms with Crippen LogP contribution in [0.25, 0.3) is 0 Å². The quantitative estimate of drug-likeness (QED) is 0.135. The number of nitrogens with one attached hydrogen (secondary N) is 1. The molecular weight excluding hydrogens is 619 g/mol. The fraction of sp³-hybridized carbons (Fsp3) is 0.543. The maximum Gasteiger partial charge on any atom is 0.498 e. The number of benzene rings is 2. The molecule has 262 valence electrons. The van der Waals surface area contributed by atoms with Crippen LogP contribution in [0.5, 0.6) is 5.75 Å². The highest BCUT2D eigenvalue weighted by molar-refractivity contribution is 6.63. The molecule has 0 aromatic heterocycles. The van der Waals surface area contributed by atoms with Crippen molar-refractivity contribution < 1.29 is 47.4 Å². The lowest BCUT2D eigenvalue weighted by atomic mass is 9.76. The molecule has 2 amide bonds. The van der Waals surface area contributed by atoms with E-state index in [1.54, 1.807) is 45.9 Å². The number of hydrogen-bond acceptors (Lipinski definition) is 10. The minimum absolute atomic E-state index is 0.00671. The van der Waals surface area contributed by atoms with E-state index in [9.17, 15) is 19.2 Å². The summed E-state index contributed by atoms with van der Waals surface area (Å²) in [5.74, 6) is -1.30. The monoisotopic (exact) mass is 668 g/mol. The van der Waals surface area contributed by atoms with Gasteiger partial charge in [-0.05, 0) is 65.7 Å². The summed E-state index contributed by atoms with van der Waals surface area (Å²) >= 11 is 0. The number of carbonyl (C=O) groups is 4. The Morgan fingerprint density at radius 3 is 2.19 bits per heavy atom.